The summed E-state index contributed by atoms with van der Waals surface area (Å²) in [4.78, 5) is 31.1. The lowest BCUT2D eigenvalue weighted by atomic mass is 9.86. The minimum absolute atomic E-state index is 0.107. The number of nitrogens with zero attached hydrogens (tertiary/aromatic N) is 2. The second kappa shape index (κ2) is 8.85. The van der Waals surface area contributed by atoms with Crippen LogP contribution in [-0.4, -0.2) is 46.4 Å². The summed E-state index contributed by atoms with van der Waals surface area (Å²) < 4.78 is 18.6. The number of rotatable bonds is 6. The Balaban J connectivity index is 1.55. The highest BCUT2D eigenvalue weighted by Crippen LogP contribution is 2.42. The summed E-state index contributed by atoms with van der Waals surface area (Å²) in [6.45, 7) is 7.98. The Hall–Kier alpha value is -3.43. The van der Waals surface area contributed by atoms with Crippen molar-refractivity contribution in [3.05, 3.63) is 50.8 Å². The maximum absolute atomic E-state index is 13.6. The zero-order valence-electron chi connectivity index (χ0n) is 21.3. The van der Waals surface area contributed by atoms with Crippen molar-refractivity contribution in [2.75, 3.05) is 19.8 Å². The van der Waals surface area contributed by atoms with Crippen molar-refractivity contribution in [3.8, 4) is 22.9 Å². The van der Waals surface area contributed by atoms with Crippen LogP contribution >= 0.6 is 0 Å². The number of hydrogen-bond acceptors (Lipinski definition) is 8. The van der Waals surface area contributed by atoms with Gasteiger partial charge in [0.1, 0.15) is 19.8 Å². The lowest BCUT2D eigenvalue weighted by Crippen LogP contribution is -2.44. The largest absolute Gasteiger partial charge is 0.486 e. The lowest BCUT2D eigenvalue weighted by Gasteiger charge is -2.31. The van der Waals surface area contributed by atoms with Crippen molar-refractivity contribution in [3.63, 3.8) is 0 Å². The lowest BCUT2D eigenvalue weighted by molar-refractivity contribution is -0.172. The maximum Gasteiger partial charge on any atom is 0.343 e. The fourth-order valence-corrected chi connectivity index (χ4v) is 5.57. The van der Waals surface area contributed by atoms with Crippen molar-refractivity contribution in [2.45, 2.75) is 64.8 Å². The monoisotopic (exact) mass is 505 g/mol. The summed E-state index contributed by atoms with van der Waals surface area (Å²) in [7, 11) is 0. The Morgan fingerprint density at radius 2 is 1.86 bits per heavy atom. The van der Waals surface area contributed by atoms with Crippen LogP contribution in [0.4, 0.5) is 0 Å². The van der Waals surface area contributed by atoms with Crippen LogP contribution in [0.15, 0.2) is 23.0 Å². The standard InChI is InChI=1S/C28H31N3O6/c1-4-15(3)29-7-6-16-17-10-23-24(36-9-8-35-23)12-21(17)30-25-18(16)13-31-22(25)11-20-19(26(31)32)14-37-27(33)28(20,34)5-2/h10-12,15,29,34H,4-9,13-14H2,1-3H3/t15?,28-/m0/s1. The number of aromatic nitrogens is 2. The van der Waals surface area contributed by atoms with Gasteiger partial charge < -0.3 is 29.2 Å². The van der Waals surface area contributed by atoms with E-state index in [0.29, 0.717) is 59.8 Å². The summed E-state index contributed by atoms with van der Waals surface area (Å²) in [6.07, 6.45) is 1.88. The van der Waals surface area contributed by atoms with E-state index in [9.17, 15) is 14.7 Å². The number of esters is 1. The highest BCUT2D eigenvalue weighted by molar-refractivity contribution is 5.91. The molecular formula is C28H31N3O6. The van der Waals surface area contributed by atoms with Gasteiger partial charge in [-0.1, -0.05) is 13.8 Å². The van der Waals surface area contributed by atoms with Crippen molar-refractivity contribution in [1.29, 1.82) is 0 Å². The predicted octanol–water partition coefficient (Wildman–Crippen LogP) is 2.78. The first kappa shape index (κ1) is 23.9. The molecule has 6 rings (SSSR count). The van der Waals surface area contributed by atoms with Crippen LogP contribution < -0.4 is 20.3 Å². The number of ether oxygens (including phenoxy) is 3. The van der Waals surface area contributed by atoms with E-state index in [4.69, 9.17) is 19.2 Å². The molecule has 2 atom stereocenters. The van der Waals surface area contributed by atoms with Gasteiger partial charge in [-0.05, 0) is 50.4 Å². The molecule has 3 aliphatic heterocycles. The van der Waals surface area contributed by atoms with Gasteiger partial charge in [0.05, 0.1) is 29.0 Å². The SMILES string of the molecule is CCC(C)NCCc1c2c(nc3cc4c(cc13)OCCO4)-c1cc3c(c(=O)n1C2)COC(=O)[C@]3(O)CC. The summed E-state index contributed by atoms with van der Waals surface area (Å²) >= 11 is 0. The fourth-order valence-electron chi connectivity index (χ4n) is 5.57. The molecule has 0 radical (unpaired) electrons. The molecule has 2 aromatic heterocycles. The van der Waals surface area contributed by atoms with Gasteiger partial charge in [-0.3, -0.25) is 4.79 Å². The topological polar surface area (TPSA) is 112 Å². The second-order valence-electron chi connectivity index (χ2n) is 10.0. The minimum atomic E-state index is -1.85. The quantitative estimate of drug-likeness (QED) is 0.385. The second-order valence-corrected chi connectivity index (χ2v) is 10.0. The van der Waals surface area contributed by atoms with Gasteiger partial charge in [0.25, 0.3) is 5.56 Å². The van der Waals surface area contributed by atoms with Crippen LogP contribution in [0, 0.1) is 0 Å². The maximum atomic E-state index is 13.6. The minimum Gasteiger partial charge on any atom is -0.486 e. The van der Waals surface area contributed by atoms with Gasteiger partial charge in [0, 0.05) is 28.6 Å². The molecule has 5 heterocycles. The number of cyclic esters (lactones) is 1. The first-order valence-corrected chi connectivity index (χ1v) is 13.0. The number of aliphatic hydroxyl groups is 1. The summed E-state index contributed by atoms with van der Waals surface area (Å²) in [5.74, 6) is 0.624. The van der Waals surface area contributed by atoms with E-state index in [1.807, 2.05) is 12.1 Å². The van der Waals surface area contributed by atoms with E-state index in [2.05, 4.69) is 19.2 Å². The van der Waals surface area contributed by atoms with E-state index in [1.54, 1.807) is 17.6 Å². The number of nitrogens with one attached hydrogen (secondary N) is 1. The third kappa shape index (κ3) is 3.63. The van der Waals surface area contributed by atoms with Crippen LogP contribution in [0.3, 0.4) is 0 Å². The van der Waals surface area contributed by atoms with Crippen LogP contribution in [0.2, 0.25) is 0 Å². The molecule has 3 aromatic rings. The Bertz CT molecular complexity index is 1500. The third-order valence-electron chi connectivity index (χ3n) is 7.95. The van der Waals surface area contributed by atoms with E-state index in [-0.39, 0.29) is 18.6 Å². The van der Waals surface area contributed by atoms with Crippen molar-refractivity contribution < 1.29 is 24.1 Å². The molecule has 0 saturated heterocycles. The van der Waals surface area contributed by atoms with Crippen molar-refractivity contribution >= 4 is 16.9 Å². The van der Waals surface area contributed by atoms with Crippen molar-refractivity contribution in [2.24, 2.45) is 0 Å². The average molecular weight is 506 g/mol. The zero-order valence-corrected chi connectivity index (χ0v) is 21.3. The molecule has 0 aliphatic carbocycles. The first-order chi connectivity index (χ1) is 17.9. The van der Waals surface area contributed by atoms with Crippen LogP contribution in [-0.2, 0) is 34.7 Å². The normalized spacial score (nSPS) is 20.3. The average Bonchev–Trinajstić information content (AvgIpc) is 3.28. The highest BCUT2D eigenvalue weighted by Gasteiger charge is 2.45. The molecule has 9 nitrogen and oxygen atoms in total. The van der Waals surface area contributed by atoms with Crippen molar-refractivity contribution in [1.82, 2.24) is 14.9 Å². The Morgan fingerprint density at radius 1 is 1.11 bits per heavy atom. The number of pyridine rings is 2. The molecular weight excluding hydrogens is 474 g/mol. The summed E-state index contributed by atoms with van der Waals surface area (Å²) in [5, 5.41) is 15.7. The number of hydrogen-bond donors (Lipinski definition) is 2. The third-order valence-corrected chi connectivity index (χ3v) is 7.95. The number of benzene rings is 1. The van der Waals surface area contributed by atoms with Gasteiger partial charge in [0.2, 0.25) is 0 Å². The van der Waals surface area contributed by atoms with Crippen LogP contribution in [0.5, 0.6) is 11.5 Å². The Labute approximate surface area is 214 Å². The molecule has 2 N–H and O–H groups in total. The van der Waals surface area contributed by atoms with Crippen LogP contribution in [0.25, 0.3) is 22.3 Å². The zero-order chi connectivity index (χ0) is 25.9. The predicted molar refractivity (Wildman–Crippen MR) is 137 cm³/mol. The van der Waals surface area contributed by atoms with Gasteiger partial charge in [-0.2, -0.15) is 0 Å². The molecule has 9 heteroatoms. The van der Waals surface area contributed by atoms with Gasteiger partial charge in [-0.25, -0.2) is 9.78 Å². The number of fused-ring (bicyclic) bond motifs is 6. The molecule has 3 aliphatic rings. The van der Waals surface area contributed by atoms with E-state index >= 15 is 0 Å². The molecule has 1 aromatic carbocycles. The molecule has 0 fully saturated rings. The highest BCUT2D eigenvalue weighted by atomic mass is 16.6. The van der Waals surface area contributed by atoms with Gasteiger partial charge in [0.15, 0.2) is 17.1 Å². The van der Waals surface area contributed by atoms with E-state index in [0.717, 1.165) is 41.4 Å². The summed E-state index contributed by atoms with van der Waals surface area (Å²) in [5.41, 5.74) is 2.66. The molecule has 0 bridgehead atoms. The van der Waals surface area contributed by atoms with Crippen LogP contribution in [0.1, 0.15) is 55.9 Å². The molecule has 37 heavy (non-hydrogen) atoms. The van der Waals surface area contributed by atoms with E-state index < -0.39 is 11.6 Å². The molecule has 0 saturated carbocycles. The number of carbonyl (C=O) groups excluding carboxylic acids is 1. The van der Waals surface area contributed by atoms with Gasteiger partial charge in [-0.15, -0.1) is 0 Å². The smallest absolute Gasteiger partial charge is 0.343 e. The molecule has 0 amide bonds. The summed E-state index contributed by atoms with van der Waals surface area (Å²) in [6, 6.07) is 6.04. The molecule has 1 unspecified atom stereocenters. The first-order valence-electron chi connectivity index (χ1n) is 13.0. The van der Waals surface area contributed by atoms with Gasteiger partial charge >= 0.3 is 5.97 Å². The Morgan fingerprint density at radius 3 is 2.59 bits per heavy atom. The molecule has 194 valence electrons. The molecule has 0 spiro atoms. The van der Waals surface area contributed by atoms with E-state index in [1.165, 1.54) is 0 Å². The fraction of sp³-hybridized carbons (Fsp3) is 0.464. The Kier molecular flexibility index (Phi) is 5.72. The number of carbonyl (C=O) groups is 1.